The Kier molecular flexibility index (Phi) is 11.9. The van der Waals surface area contributed by atoms with Gasteiger partial charge in [-0.05, 0) is 78.7 Å². The van der Waals surface area contributed by atoms with Crippen LogP contribution in [0.1, 0.15) is 99.2 Å². The van der Waals surface area contributed by atoms with Crippen molar-refractivity contribution in [2.45, 2.75) is 119 Å². The zero-order valence-electron chi connectivity index (χ0n) is 24.3. The fourth-order valence-corrected chi connectivity index (χ4v) is 3.97. The minimum absolute atomic E-state index is 0.0887. The fraction of sp³-hybridized carbons (Fsp3) is 0.690. The van der Waals surface area contributed by atoms with Crippen LogP contribution in [0, 0.1) is 18.8 Å². The Morgan fingerprint density at radius 3 is 1.89 bits per heavy atom. The molecule has 0 aliphatic heterocycles. The van der Waals surface area contributed by atoms with Crippen molar-refractivity contribution in [3.8, 4) is 0 Å². The van der Waals surface area contributed by atoms with Crippen molar-refractivity contribution in [2.24, 2.45) is 11.8 Å². The van der Waals surface area contributed by atoms with Crippen LogP contribution in [0.3, 0.4) is 0 Å². The van der Waals surface area contributed by atoms with Crippen LogP contribution in [0.25, 0.3) is 0 Å². The van der Waals surface area contributed by atoms with Crippen LogP contribution >= 0.6 is 0 Å². The molecule has 2 N–H and O–H groups in total. The van der Waals surface area contributed by atoms with Crippen molar-refractivity contribution in [3.05, 3.63) is 35.4 Å². The van der Waals surface area contributed by atoms with Gasteiger partial charge in [-0.1, -0.05) is 57.5 Å². The Morgan fingerprint density at radius 1 is 0.889 bits per heavy atom. The van der Waals surface area contributed by atoms with Crippen molar-refractivity contribution in [1.29, 1.82) is 0 Å². The van der Waals surface area contributed by atoms with Crippen molar-refractivity contribution in [1.82, 2.24) is 15.5 Å². The monoisotopic (exact) mass is 503 g/mol. The van der Waals surface area contributed by atoms with E-state index >= 15 is 0 Å². The molecule has 0 aromatic heterocycles. The molecular weight excluding hydrogens is 454 g/mol. The quantitative estimate of drug-likeness (QED) is 0.402. The predicted molar refractivity (Wildman–Crippen MR) is 146 cm³/mol. The van der Waals surface area contributed by atoms with E-state index in [0.29, 0.717) is 5.92 Å². The Labute approximate surface area is 218 Å². The van der Waals surface area contributed by atoms with E-state index in [0.717, 1.165) is 24.0 Å². The second kappa shape index (κ2) is 13.7. The maximum atomic E-state index is 14.2. The molecule has 1 aromatic carbocycles. The predicted octanol–water partition coefficient (Wildman–Crippen LogP) is 5.76. The summed E-state index contributed by atoms with van der Waals surface area (Å²) in [6, 6.07) is 5.71. The van der Waals surface area contributed by atoms with Crippen LogP contribution < -0.4 is 10.6 Å². The van der Waals surface area contributed by atoms with E-state index < -0.39 is 23.8 Å². The summed E-state index contributed by atoms with van der Waals surface area (Å²) in [6.07, 6.45) is 0.990. The largest absolute Gasteiger partial charge is 0.444 e. The fourth-order valence-electron chi connectivity index (χ4n) is 3.97. The number of aryl methyl sites for hydroxylation is 1. The average Bonchev–Trinajstić information content (AvgIpc) is 2.72. The molecule has 0 heterocycles. The van der Waals surface area contributed by atoms with E-state index in [-0.39, 0.29) is 29.8 Å². The third kappa shape index (κ3) is 10.2. The molecule has 0 fully saturated rings. The third-order valence-corrected chi connectivity index (χ3v) is 5.85. The van der Waals surface area contributed by atoms with Gasteiger partial charge >= 0.3 is 6.09 Å². The number of ether oxygens (including phenoxy) is 1. The van der Waals surface area contributed by atoms with Crippen LogP contribution in [-0.2, 0) is 14.3 Å². The van der Waals surface area contributed by atoms with Gasteiger partial charge in [0.15, 0.2) is 0 Å². The molecule has 36 heavy (non-hydrogen) atoms. The number of alkyl carbamates (subject to hydrolysis) is 1. The summed E-state index contributed by atoms with van der Waals surface area (Å²) >= 11 is 0. The zero-order valence-corrected chi connectivity index (χ0v) is 24.3. The van der Waals surface area contributed by atoms with Crippen molar-refractivity contribution >= 4 is 17.9 Å². The number of amides is 3. The van der Waals surface area contributed by atoms with Gasteiger partial charge in [0.1, 0.15) is 17.7 Å². The van der Waals surface area contributed by atoms with E-state index in [1.807, 2.05) is 65.8 Å². The Bertz CT molecular complexity index is 856. The minimum Gasteiger partial charge on any atom is -0.444 e. The molecule has 3 amide bonds. The van der Waals surface area contributed by atoms with E-state index in [4.69, 9.17) is 4.74 Å². The minimum atomic E-state index is -0.846. The lowest BCUT2D eigenvalue weighted by molar-refractivity contribution is -0.146. The molecule has 7 nitrogen and oxygen atoms in total. The van der Waals surface area contributed by atoms with Crippen LogP contribution in [-0.4, -0.2) is 46.5 Å². The first-order valence-electron chi connectivity index (χ1n) is 13.2. The van der Waals surface area contributed by atoms with Crippen molar-refractivity contribution in [3.63, 3.8) is 0 Å². The molecule has 0 aliphatic rings. The molecule has 0 spiro atoms. The van der Waals surface area contributed by atoms with Gasteiger partial charge in [0, 0.05) is 12.1 Å². The third-order valence-electron chi connectivity index (χ3n) is 5.85. The Hall–Kier alpha value is -2.57. The molecule has 3 unspecified atom stereocenters. The van der Waals surface area contributed by atoms with Gasteiger partial charge in [0.25, 0.3) is 0 Å². The molecule has 0 saturated carbocycles. The van der Waals surface area contributed by atoms with Gasteiger partial charge in [-0.15, -0.1) is 0 Å². The molecule has 204 valence electrons. The number of benzene rings is 1. The summed E-state index contributed by atoms with van der Waals surface area (Å²) in [5.74, 6) is -0.292. The Morgan fingerprint density at radius 2 is 1.44 bits per heavy atom. The van der Waals surface area contributed by atoms with Crippen LogP contribution in [0.15, 0.2) is 24.3 Å². The molecule has 3 atom stereocenters. The Balaban J connectivity index is 3.56. The van der Waals surface area contributed by atoms with Gasteiger partial charge in [-0.2, -0.15) is 0 Å². The number of hydrogen-bond acceptors (Lipinski definition) is 4. The average molecular weight is 504 g/mol. The number of nitrogens with zero attached hydrogens (tertiary/aromatic N) is 1. The summed E-state index contributed by atoms with van der Waals surface area (Å²) in [6.45, 7) is 21.2. The normalized spacial score (nSPS) is 14.4. The van der Waals surface area contributed by atoms with Gasteiger partial charge in [-0.3, -0.25) is 9.59 Å². The summed E-state index contributed by atoms with van der Waals surface area (Å²) in [5, 5.41) is 5.79. The maximum Gasteiger partial charge on any atom is 0.408 e. The summed E-state index contributed by atoms with van der Waals surface area (Å²) in [7, 11) is 0. The topological polar surface area (TPSA) is 87.7 Å². The molecule has 0 bridgehead atoms. The lowest BCUT2D eigenvalue weighted by Gasteiger charge is -2.40. The van der Waals surface area contributed by atoms with Gasteiger partial charge in [-0.25, -0.2) is 4.79 Å². The highest BCUT2D eigenvalue weighted by molar-refractivity contribution is 5.92. The van der Waals surface area contributed by atoms with Gasteiger partial charge in [0.05, 0.1) is 0 Å². The molecular formula is C29H49N3O4. The van der Waals surface area contributed by atoms with Crippen LogP contribution in [0.5, 0.6) is 0 Å². The SMILES string of the molecule is Cc1ccc(C(C(=O)NC(C)C)N(C(=O)C(NC(=O)OC(C)(C)C)C(C)C)C(C)CCC(C)C)cc1. The first-order chi connectivity index (χ1) is 16.5. The van der Waals surface area contributed by atoms with E-state index in [1.165, 1.54) is 0 Å². The van der Waals surface area contributed by atoms with Crippen molar-refractivity contribution < 1.29 is 19.1 Å². The maximum absolute atomic E-state index is 14.2. The molecule has 0 saturated heterocycles. The first kappa shape index (κ1) is 31.5. The van der Waals surface area contributed by atoms with E-state index in [9.17, 15) is 14.4 Å². The highest BCUT2D eigenvalue weighted by atomic mass is 16.6. The molecule has 1 aromatic rings. The zero-order chi connectivity index (χ0) is 27.8. The van der Waals surface area contributed by atoms with Crippen molar-refractivity contribution in [2.75, 3.05) is 0 Å². The number of carbonyl (C=O) groups excluding carboxylic acids is 3. The second-order valence-corrected chi connectivity index (χ2v) is 11.9. The highest BCUT2D eigenvalue weighted by Crippen LogP contribution is 2.29. The highest BCUT2D eigenvalue weighted by Gasteiger charge is 2.40. The number of rotatable bonds is 11. The number of carbonyl (C=O) groups is 3. The standard InChI is InChI=1S/C29H49N3O4/c1-18(2)12-15-22(8)32(27(34)24(19(3)4)31-28(35)36-29(9,10)11)25(26(33)30-20(5)6)23-16-13-21(7)14-17-23/h13-14,16-20,22,24-25H,12,15H2,1-11H3,(H,30,33)(H,31,35). The molecule has 1 rings (SSSR count). The van der Waals surface area contributed by atoms with E-state index in [2.05, 4.69) is 24.5 Å². The van der Waals surface area contributed by atoms with Crippen LogP contribution in [0.4, 0.5) is 4.79 Å². The van der Waals surface area contributed by atoms with Crippen LogP contribution in [0.2, 0.25) is 0 Å². The molecule has 0 aliphatic carbocycles. The van der Waals surface area contributed by atoms with E-state index in [1.54, 1.807) is 25.7 Å². The summed E-state index contributed by atoms with van der Waals surface area (Å²) in [4.78, 5) is 42.2. The first-order valence-corrected chi connectivity index (χ1v) is 13.2. The van der Waals surface area contributed by atoms with Gasteiger partial charge in [0.2, 0.25) is 11.8 Å². The lowest BCUT2D eigenvalue weighted by atomic mass is 9.94. The van der Waals surface area contributed by atoms with Gasteiger partial charge < -0.3 is 20.3 Å². The number of nitrogens with one attached hydrogen (secondary N) is 2. The summed E-state index contributed by atoms with van der Waals surface area (Å²) < 4.78 is 5.45. The molecule has 0 radical (unpaired) electrons. The summed E-state index contributed by atoms with van der Waals surface area (Å²) in [5.41, 5.74) is 1.11. The smallest absolute Gasteiger partial charge is 0.408 e. The number of hydrogen-bond donors (Lipinski definition) is 2. The second-order valence-electron chi connectivity index (χ2n) is 11.9. The lowest BCUT2D eigenvalue weighted by Crippen LogP contribution is -2.57. The molecule has 7 heteroatoms.